The van der Waals surface area contributed by atoms with Crippen molar-refractivity contribution in [2.45, 2.75) is 56.8 Å². The van der Waals surface area contributed by atoms with Crippen LogP contribution in [0.15, 0.2) is 29.4 Å². The SMILES string of the molecule is CC1(C)OB(c2ccc(C(N=O)(C(F)(F)F)C(F)(F)F)cc2)OC1(C)C. The number of hydrogen-bond acceptors (Lipinski definition) is 4. The van der Waals surface area contributed by atoms with Gasteiger partial charge >= 0.3 is 25.0 Å². The van der Waals surface area contributed by atoms with Gasteiger partial charge in [0.25, 0.3) is 0 Å². The molecule has 1 aliphatic rings. The lowest BCUT2D eigenvalue weighted by Gasteiger charge is -2.32. The Morgan fingerprint density at radius 3 is 1.54 bits per heavy atom. The maximum absolute atomic E-state index is 13.1. The van der Waals surface area contributed by atoms with E-state index < -0.39 is 41.8 Å². The number of nitroso groups, excluding NO2 is 1. The van der Waals surface area contributed by atoms with Gasteiger partial charge in [0.15, 0.2) is 0 Å². The van der Waals surface area contributed by atoms with Crippen LogP contribution in [0.4, 0.5) is 26.3 Å². The standard InChI is InChI=1S/C15H16BF6NO3/c1-11(2)12(3,4)26-16(25-11)10-7-5-9(6-8-10)13(23-24,14(17,18)19)15(20,21)22/h5-8H,1-4H3. The topological polar surface area (TPSA) is 47.9 Å². The molecule has 11 heteroatoms. The quantitative estimate of drug-likeness (QED) is 0.449. The van der Waals surface area contributed by atoms with E-state index in [-0.39, 0.29) is 5.46 Å². The van der Waals surface area contributed by atoms with Crippen LogP contribution in [0.3, 0.4) is 0 Å². The summed E-state index contributed by atoms with van der Waals surface area (Å²) >= 11 is 0. The molecule has 1 aromatic rings. The minimum Gasteiger partial charge on any atom is -0.399 e. The van der Waals surface area contributed by atoms with Crippen LogP contribution in [0.2, 0.25) is 0 Å². The Morgan fingerprint density at radius 1 is 0.846 bits per heavy atom. The molecule has 1 heterocycles. The Kier molecular flexibility index (Phi) is 4.73. The van der Waals surface area contributed by atoms with Crippen molar-refractivity contribution in [3.63, 3.8) is 0 Å². The first-order valence-electron chi connectivity index (χ1n) is 7.53. The van der Waals surface area contributed by atoms with E-state index >= 15 is 0 Å². The summed E-state index contributed by atoms with van der Waals surface area (Å²) in [5.41, 5.74) is -7.41. The van der Waals surface area contributed by atoms with E-state index in [2.05, 4.69) is 0 Å². The van der Waals surface area contributed by atoms with E-state index in [0.717, 1.165) is 12.1 Å². The zero-order valence-corrected chi connectivity index (χ0v) is 14.3. The monoisotopic (exact) mass is 383 g/mol. The highest BCUT2D eigenvalue weighted by atomic mass is 19.4. The molecule has 144 valence electrons. The molecule has 2 rings (SSSR count). The molecule has 1 fully saturated rings. The van der Waals surface area contributed by atoms with Gasteiger partial charge in [-0.25, -0.2) is 0 Å². The second-order valence-electron chi connectivity index (χ2n) is 7.01. The Balaban J connectivity index is 2.44. The van der Waals surface area contributed by atoms with Gasteiger partial charge in [-0.05, 0) is 38.3 Å². The van der Waals surface area contributed by atoms with Crippen molar-refractivity contribution in [3.8, 4) is 0 Å². The van der Waals surface area contributed by atoms with Gasteiger partial charge in [-0.15, -0.1) is 4.91 Å². The average Bonchev–Trinajstić information content (AvgIpc) is 2.66. The van der Waals surface area contributed by atoms with Crippen LogP contribution in [-0.2, 0) is 14.8 Å². The third kappa shape index (κ3) is 3.00. The molecule has 0 atom stereocenters. The average molecular weight is 383 g/mol. The molecule has 0 aromatic heterocycles. The first-order chi connectivity index (χ1) is 11.6. The predicted molar refractivity (Wildman–Crippen MR) is 81.7 cm³/mol. The first kappa shape index (κ1) is 20.7. The summed E-state index contributed by atoms with van der Waals surface area (Å²) in [6.45, 7) is 6.98. The molecule has 0 N–H and O–H groups in total. The van der Waals surface area contributed by atoms with Crippen LogP contribution in [0, 0.1) is 4.91 Å². The fourth-order valence-corrected chi connectivity index (χ4v) is 2.50. The Morgan fingerprint density at radius 2 is 1.23 bits per heavy atom. The maximum atomic E-state index is 13.1. The molecule has 4 nitrogen and oxygen atoms in total. The van der Waals surface area contributed by atoms with E-state index in [1.165, 1.54) is 5.18 Å². The van der Waals surface area contributed by atoms with Crippen LogP contribution >= 0.6 is 0 Å². The molecule has 0 saturated carbocycles. The van der Waals surface area contributed by atoms with Gasteiger partial charge < -0.3 is 9.31 Å². The summed E-state index contributed by atoms with van der Waals surface area (Å²) in [5.74, 6) is 0. The molecule has 1 saturated heterocycles. The number of hydrogen-bond donors (Lipinski definition) is 0. The van der Waals surface area contributed by atoms with Crippen LogP contribution in [0.1, 0.15) is 33.3 Å². The number of benzene rings is 1. The van der Waals surface area contributed by atoms with Gasteiger partial charge in [0.1, 0.15) is 0 Å². The van der Waals surface area contributed by atoms with Gasteiger partial charge in [0, 0.05) is 5.56 Å². The summed E-state index contributed by atoms with van der Waals surface area (Å²) in [4.78, 5) is 10.7. The zero-order valence-electron chi connectivity index (χ0n) is 14.3. The van der Waals surface area contributed by atoms with Crippen molar-refractivity contribution >= 4 is 12.6 Å². The minimum absolute atomic E-state index is 0.219. The molecule has 0 bridgehead atoms. The Labute approximate surface area is 146 Å². The normalized spacial score (nSPS) is 20.3. The van der Waals surface area contributed by atoms with Gasteiger partial charge in [-0.1, -0.05) is 24.3 Å². The lowest BCUT2D eigenvalue weighted by atomic mass is 9.77. The summed E-state index contributed by atoms with van der Waals surface area (Å²) in [5, 5.41) is 1.44. The lowest BCUT2D eigenvalue weighted by Crippen LogP contribution is -2.52. The third-order valence-corrected chi connectivity index (χ3v) is 4.81. The van der Waals surface area contributed by atoms with Crippen LogP contribution in [-0.4, -0.2) is 30.7 Å². The zero-order chi connectivity index (χ0) is 20.2. The van der Waals surface area contributed by atoms with Crippen LogP contribution in [0.25, 0.3) is 0 Å². The molecule has 0 unspecified atom stereocenters. The largest absolute Gasteiger partial charge is 0.494 e. The van der Waals surface area contributed by atoms with Crippen molar-refractivity contribution in [1.82, 2.24) is 0 Å². The van der Waals surface area contributed by atoms with Gasteiger partial charge in [0.05, 0.1) is 11.2 Å². The first-order valence-corrected chi connectivity index (χ1v) is 7.53. The smallest absolute Gasteiger partial charge is 0.399 e. The van der Waals surface area contributed by atoms with E-state index in [0.29, 0.717) is 12.1 Å². The van der Waals surface area contributed by atoms with Crippen molar-refractivity contribution in [2.24, 2.45) is 5.18 Å². The van der Waals surface area contributed by atoms with Crippen molar-refractivity contribution in [3.05, 3.63) is 34.7 Å². The number of alkyl halides is 6. The maximum Gasteiger partial charge on any atom is 0.494 e. The molecule has 0 amide bonds. The number of nitrogens with zero attached hydrogens (tertiary/aromatic N) is 1. The highest BCUT2D eigenvalue weighted by Crippen LogP contribution is 2.52. The van der Waals surface area contributed by atoms with Gasteiger partial charge in [-0.2, -0.15) is 26.3 Å². The molecular weight excluding hydrogens is 367 g/mol. The highest BCUT2D eigenvalue weighted by molar-refractivity contribution is 6.62. The lowest BCUT2D eigenvalue weighted by molar-refractivity contribution is -0.301. The fraction of sp³-hybridized carbons (Fsp3) is 0.600. The fourth-order valence-electron chi connectivity index (χ4n) is 2.50. The minimum atomic E-state index is -5.95. The molecule has 0 spiro atoms. The van der Waals surface area contributed by atoms with Crippen molar-refractivity contribution in [1.29, 1.82) is 0 Å². The van der Waals surface area contributed by atoms with Crippen molar-refractivity contribution < 1.29 is 35.7 Å². The van der Waals surface area contributed by atoms with E-state index in [1.54, 1.807) is 27.7 Å². The van der Waals surface area contributed by atoms with Gasteiger partial charge in [-0.3, -0.25) is 0 Å². The van der Waals surface area contributed by atoms with Crippen LogP contribution in [0.5, 0.6) is 0 Å². The number of rotatable bonds is 3. The molecule has 1 aliphatic heterocycles. The highest BCUT2D eigenvalue weighted by Gasteiger charge is 2.74. The van der Waals surface area contributed by atoms with E-state index in [4.69, 9.17) is 9.31 Å². The second-order valence-corrected chi connectivity index (χ2v) is 7.01. The summed E-state index contributed by atoms with van der Waals surface area (Å²) in [6.07, 6.45) is -11.9. The summed E-state index contributed by atoms with van der Waals surface area (Å²) in [6, 6.07) is 3.11. The van der Waals surface area contributed by atoms with E-state index in [1.807, 2.05) is 0 Å². The van der Waals surface area contributed by atoms with Crippen LogP contribution < -0.4 is 5.46 Å². The number of halogens is 6. The van der Waals surface area contributed by atoms with Crippen molar-refractivity contribution in [2.75, 3.05) is 0 Å². The summed E-state index contributed by atoms with van der Waals surface area (Å²) in [7, 11) is -0.968. The predicted octanol–water partition coefficient (Wildman–Crippen LogP) is 4.07. The summed E-state index contributed by atoms with van der Waals surface area (Å²) < 4.78 is 90.0. The second kappa shape index (κ2) is 5.95. The molecule has 0 radical (unpaired) electrons. The Hall–Kier alpha value is -1.62. The molecule has 26 heavy (non-hydrogen) atoms. The Bertz CT molecular complexity index is 654. The van der Waals surface area contributed by atoms with Gasteiger partial charge in [0.2, 0.25) is 0 Å². The molecule has 0 aliphatic carbocycles. The molecular formula is C15H16BF6NO3. The molecule has 1 aromatic carbocycles. The third-order valence-electron chi connectivity index (χ3n) is 4.81. The van der Waals surface area contributed by atoms with E-state index in [9.17, 15) is 31.2 Å².